The number of fused-ring (bicyclic) bond motifs is 2. The Morgan fingerprint density at radius 1 is 0.900 bits per heavy atom. The minimum Gasteiger partial charge on any atom is -0.322 e. The molecule has 20 heavy (non-hydrogen) atoms. The number of halogens is 1. The maximum absolute atomic E-state index is 12.6. The topological polar surface area (TPSA) is 49.9 Å². The van der Waals surface area contributed by atoms with Gasteiger partial charge in [0.1, 0.15) is 0 Å². The Morgan fingerprint density at radius 2 is 1.65 bits per heavy atom. The standard InChI is InChI=1S/C16H8ClNO2/c17-11-5-6-12-14-10(7-13(19)18-12)8-3-1-2-4-9(8)16(20)15(11)14/h1-7H,(H,18,19). The Hall–Kier alpha value is -2.39. The van der Waals surface area contributed by atoms with E-state index in [0.717, 1.165) is 16.5 Å². The van der Waals surface area contributed by atoms with Crippen LogP contribution in [0.1, 0.15) is 15.9 Å². The van der Waals surface area contributed by atoms with Gasteiger partial charge in [0.05, 0.1) is 10.6 Å². The van der Waals surface area contributed by atoms with Crippen LogP contribution in [-0.4, -0.2) is 10.8 Å². The van der Waals surface area contributed by atoms with E-state index >= 15 is 0 Å². The quantitative estimate of drug-likeness (QED) is 0.537. The summed E-state index contributed by atoms with van der Waals surface area (Å²) in [6, 6.07) is 12.2. The van der Waals surface area contributed by atoms with Crippen molar-refractivity contribution in [2.24, 2.45) is 0 Å². The molecule has 1 aliphatic rings. The third-order valence-corrected chi connectivity index (χ3v) is 3.96. The maximum Gasteiger partial charge on any atom is 0.249 e. The Kier molecular flexibility index (Phi) is 2.18. The molecule has 2 aromatic carbocycles. The molecule has 1 aliphatic carbocycles. The van der Waals surface area contributed by atoms with Gasteiger partial charge in [-0.3, -0.25) is 9.59 Å². The average molecular weight is 282 g/mol. The summed E-state index contributed by atoms with van der Waals surface area (Å²) in [7, 11) is 0. The number of carbonyl (C=O) groups excluding carboxylic acids is 1. The van der Waals surface area contributed by atoms with Gasteiger partial charge in [0.25, 0.3) is 0 Å². The van der Waals surface area contributed by atoms with Crippen molar-refractivity contribution in [2.45, 2.75) is 0 Å². The van der Waals surface area contributed by atoms with Gasteiger partial charge in [-0.25, -0.2) is 0 Å². The van der Waals surface area contributed by atoms with E-state index in [1.165, 1.54) is 6.07 Å². The van der Waals surface area contributed by atoms with Gasteiger partial charge in [0, 0.05) is 22.5 Å². The first kappa shape index (κ1) is 11.4. The molecule has 0 amide bonds. The molecule has 0 fully saturated rings. The number of H-pyrrole nitrogens is 1. The lowest BCUT2D eigenvalue weighted by molar-refractivity contribution is 0.104. The SMILES string of the molecule is O=C1c2ccccc2-c2cc(=O)[nH]c3ccc(Cl)c1c23. The summed E-state index contributed by atoms with van der Waals surface area (Å²) in [4.78, 5) is 27.2. The highest BCUT2D eigenvalue weighted by Gasteiger charge is 2.27. The van der Waals surface area contributed by atoms with Crippen LogP contribution in [0.15, 0.2) is 47.3 Å². The summed E-state index contributed by atoms with van der Waals surface area (Å²) >= 11 is 6.20. The molecule has 0 atom stereocenters. The van der Waals surface area contributed by atoms with Crippen molar-refractivity contribution in [3.63, 3.8) is 0 Å². The maximum atomic E-state index is 12.6. The predicted octanol–water partition coefficient (Wildman–Crippen LogP) is 3.39. The van der Waals surface area contributed by atoms with E-state index in [0.29, 0.717) is 21.7 Å². The van der Waals surface area contributed by atoms with E-state index in [2.05, 4.69) is 4.98 Å². The van der Waals surface area contributed by atoms with Crippen molar-refractivity contribution in [1.82, 2.24) is 4.98 Å². The third kappa shape index (κ3) is 1.35. The van der Waals surface area contributed by atoms with Crippen LogP contribution < -0.4 is 5.56 Å². The number of nitrogens with one attached hydrogen (secondary N) is 1. The Balaban J connectivity index is 2.33. The Labute approximate surface area is 118 Å². The summed E-state index contributed by atoms with van der Waals surface area (Å²) in [5.41, 5.74) is 3.04. The summed E-state index contributed by atoms with van der Waals surface area (Å²) < 4.78 is 0. The van der Waals surface area contributed by atoms with Crippen molar-refractivity contribution >= 4 is 28.3 Å². The summed E-state index contributed by atoms with van der Waals surface area (Å²) in [5, 5.41) is 1.13. The second-order valence-electron chi connectivity index (χ2n) is 4.77. The molecule has 0 saturated heterocycles. The zero-order valence-electron chi connectivity index (χ0n) is 10.2. The number of ketones is 1. The highest BCUT2D eigenvalue weighted by molar-refractivity contribution is 6.39. The van der Waals surface area contributed by atoms with E-state index in [4.69, 9.17) is 11.6 Å². The van der Waals surface area contributed by atoms with Crippen molar-refractivity contribution in [1.29, 1.82) is 0 Å². The van der Waals surface area contributed by atoms with Crippen LogP contribution in [0.4, 0.5) is 0 Å². The highest BCUT2D eigenvalue weighted by atomic mass is 35.5. The lowest BCUT2D eigenvalue weighted by Crippen LogP contribution is -2.14. The molecule has 1 N–H and O–H groups in total. The lowest BCUT2D eigenvalue weighted by Gasteiger charge is -2.20. The summed E-state index contributed by atoms with van der Waals surface area (Å²) in [6.07, 6.45) is 0. The van der Waals surface area contributed by atoms with E-state index in [9.17, 15) is 9.59 Å². The molecule has 4 heteroatoms. The van der Waals surface area contributed by atoms with Crippen LogP contribution in [0.2, 0.25) is 5.02 Å². The van der Waals surface area contributed by atoms with Crippen LogP contribution >= 0.6 is 11.6 Å². The van der Waals surface area contributed by atoms with Gasteiger partial charge in [0.2, 0.25) is 5.56 Å². The van der Waals surface area contributed by atoms with E-state index in [1.54, 1.807) is 18.2 Å². The van der Waals surface area contributed by atoms with Crippen molar-refractivity contribution in [2.75, 3.05) is 0 Å². The zero-order valence-corrected chi connectivity index (χ0v) is 11.0. The van der Waals surface area contributed by atoms with Crippen LogP contribution in [0.5, 0.6) is 0 Å². The molecule has 96 valence electrons. The predicted molar refractivity (Wildman–Crippen MR) is 78.4 cm³/mol. The second-order valence-corrected chi connectivity index (χ2v) is 5.17. The fraction of sp³-hybridized carbons (Fsp3) is 0. The number of hydrogen-bond acceptors (Lipinski definition) is 2. The largest absolute Gasteiger partial charge is 0.322 e. The first-order chi connectivity index (χ1) is 9.66. The lowest BCUT2D eigenvalue weighted by atomic mass is 9.84. The molecule has 0 unspecified atom stereocenters. The van der Waals surface area contributed by atoms with E-state index in [-0.39, 0.29) is 11.3 Å². The number of rotatable bonds is 0. The third-order valence-electron chi connectivity index (χ3n) is 3.65. The molecule has 0 bridgehead atoms. The molecule has 0 saturated carbocycles. The molecule has 1 aromatic heterocycles. The number of carbonyl (C=O) groups is 1. The summed E-state index contributed by atoms with van der Waals surface area (Å²) in [6.45, 7) is 0. The van der Waals surface area contributed by atoms with Gasteiger partial charge in [-0.15, -0.1) is 0 Å². The first-order valence-corrected chi connectivity index (χ1v) is 6.54. The fourth-order valence-electron chi connectivity index (χ4n) is 2.82. The van der Waals surface area contributed by atoms with Crippen molar-refractivity contribution in [3.8, 4) is 11.1 Å². The van der Waals surface area contributed by atoms with Gasteiger partial charge in [-0.2, -0.15) is 0 Å². The number of aromatic amines is 1. The van der Waals surface area contributed by atoms with Crippen molar-refractivity contribution in [3.05, 3.63) is 69.0 Å². The number of hydrogen-bond donors (Lipinski definition) is 1. The normalized spacial score (nSPS) is 12.6. The molecule has 3 nitrogen and oxygen atoms in total. The Morgan fingerprint density at radius 3 is 2.45 bits per heavy atom. The molecule has 0 spiro atoms. The molecular weight excluding hydrogens is 274 g/mol. The van der Waals surface area contributed by atoms with Gasteiger partial charge in [0.15, 0.2) is 5.78 Å². The first-order valence-electron chi connectivity index (χ1n) is 6.16. The number of benzene rings is 2. The molecule has 4 rings (SSSR count). The van der Waals surface area contributed by atoms with Crippen LogP contribution in [0.25, 0.3) is 22.0 Å². The second kappa shape index (κ2) is 3.81. The van der Waals surface area contributed by atoms with Gasteiger partial charge in [-0.1, -0.05) is 35.9 Å². The molecule has 0 aliphatic heterocycles. The molecule has 1 heterocycles. The van der Waals surface area contributed by atoms with Crippen LogP contribution in [-0.2, 0) is 0 Å². The van der Waals surface area contributed by atoms with Crippen LogP contribution in [0.3, 0.4) is 0 Å². The zero-order chi connectivity index (χ0) is 13.9. The van der Waals surface area contributed by atoms with Gasteiger partial charge >= 0.3 is 0 Å². The van der Waals surface area contributed by atoms with Crippen molar-refractivity contribution < 1.29 is 4.79 Å². The van der Waals surface area contributed by atoms with Crippen LogP contribution in [0, 0.1) is 0 Å². The summed E-state index contributed by atoms with van der Waals surface area (Å²) in [5.74, 6) is -0.101. The minimum atomic E-state index is -0.190. The van der Waals surface area contributed by atoms with E-state index < -0.39 is 0 Å². The highest BCUT2D eigenvalue weighted by Crippen LogP contribution is 2.40. The number of pyridine rings is 1. The Bertz CT molecular complexity index is 956. The monoisotopic (exact) mass is 281 g/mol. The smallest absolute Gasteiger partial charge is 0.249 e. The van der Waals surface area contributed by atoms with Gasteiger partial charge in [-0.05, 0) is 23.3 Å². The van der Waals surface area contributed by atoms with Gasteiger partial charge < -0.3 is 4.98 Å². The molecule has 0 radical (unpaired) electrons. The van der Waals surface area contributed by atoms with E-state index in [1.807, 2.05) is 18.2 Å². The fourth-order valence-corrected chi connectivity index (χ4v) is 3.06. The minimum absolute atomic E-state index is 0.101. The number of aromatic nitrogens is 1. The molecule has 3 aromatic rings. The average Bonchev–Trinajstić information content (AvgIpc) is 2.45. The molecular formula is C16H8ClNO2.